The minimum atomic E-state index is -0.327. The van der Waals surface area contributed by atoms with Crippen LogP contribution in [0.5, 0.6) is 5.75 Å². The molecule has 1 aromatic carbocycles. The Hall–Kier alpha value is -1.77. The van der Waals surface area contributed by atoms with Crippen molar-refractivity contribution in [3.8, 4) is 5.75 Å². The molecule has 0 fully saturated rings. The maximum atomic E-state index is 11.0. The van der Waals surface area contributed by atoms with Gasteiger partial charge in [0, 0.05) is 11.5 Å². The first-order valence-corrected chi connectivity index (χ1v) is 5.46. The van der Waals surface area contributed by atoms with Gasteiger partial charge in [-0.3, -0.25) is 0 Å². The van der Waals surface area contributed by atoms with Crippen LogP contribution in [0.4, 0.5) is 0 Å². The van der Waals surface area contributed by atoms with Gasteiger partial charge in [0.2, 0.25) is 0 Å². The lowest BCUT2D eigenvalue weighted by Gasteiger charge is -2.05. The van der Waals surface area contributed by atoms with Crippen molar-refractivity contribution < 1.29 is 9.15 Å². The van der Waals surface area contributed by atoms with Crippen LogP contribution in [-0.4, -0.2) is 6.61 Å². The van der Waals surface area contributed by atoms with Crippen LogP contribution in [0.2, 0.25) is 0 Å². The molecule has 0 saturated carbocycles. The van der Waals surface area contributed by atoms with E-state index in [1.807, 2.05) is 12.1 Å². The number of unbranched alkanes of at least 4 members (excludes halogenated alkanes) is 1. The topological polar surface area (TPSA) is 39.4 Å². The Morgan fingerprint density at radius 1 is 1.25 bits per heavy atom. The first-order valence-electron chi connectivity index (χ1n) is 5.46. The molecule has 0 atom stereocenters. The normalized spacial score (nSPS) is 10.6. The van der Waals surface area contributed by atoms with E-state index in [2.05, 4.69) is 6.92 Å². The van der Waals surface area contributed by atoms with Gasteiger partial charge in [0.15, 0.2) is 0 Å². The minimum absolute atomic E-state index is 0.327. The Labute approximate surface area is 93.7 Å². The molecule has 0 aliphatic rings. The van der Waals surface area contributed by atoms with Crippen molar-refractivity contribution in [1.82, 2.24) is 0 Å². The number of fused-ring (bicyclic) bond motifs is 1. The fraction of sp³-hybridized carbons (Fsp3) is 0.308. The number of rotatable bonds is 4. The van der Waals surface area contributed by atoms with Crippen molar-refractivity contribution in [3.63, 3.8) is 0 Å². The SMILES string of the molecule is CCCCOc1ccc2oc(=O)ccc2c1. The van der Waals surface area contributed by atoms with Gasteiger partial charge in [-0.1, -0.05) is 13.3 Å². The summed E-state index contributed by atoms with van der Waals surface area (Å²) in [4.78, 5) is 11.0. The maximum Gasteiger partial charge on any atom is 0.336 e. The zero-order chi connectivity index (χ0) is 11.4. The Balaban J connectivity index is 2.23. The standard InChI is InChI=1S/C13H14O3/c1-2-3-8-15-11-5-6-12-10(9-11)4-7-13(14)16-12/h4-7,9H,2-3,8H2,1H3. The van der Waals surface area contributed by atoms with Gasteiger partial charge in [-0.05, 0) is 30.7 Å². The lowest BCUT2D eigenvalue weighted by Crippen LogP contribution is -1.97. The summed E-state index contributed by atoms with van der Waals surface area (Å²) >= 11 is 0. The van der Waals surface area contributed by atoms with Crippen LogP contribution in [-0.2, 0) is 0 Å². The van der Waals surface area contributed by atoms with Gasteiger partial charge in [-0.25, -0.2) is 4.79 Å². The molecule has 2 rings (SSSR count). The Kier molecular flexibility index (Phi) is 3.25. The predicted molar refractivity (Wildman–Crippen MR) is 62.9 cm³/mol. The number of benzene rings is 1. The molecular formula is C13H14O3. The van der Waals surface area contributed by atoms with E-state index in [4.69, 9.17) is 9.15 Å². The van der Waals surface area contributed by atoms with E-state index >= 15 is 0 Å². The van der Waals surface area contributed by atoms with Crippen LogP contribution in [0.15, 0.2) is 39.5 Å². The van der Waals surface area contributed by atoms with E-state index in [0.717, 1.165) is 30.6 Å². The Morgan fingerprint density at radius 3 is 2.94 bits per heavy atom. The molecule has 0 aliphatic heterocycles. The van der Waals surface area contributed by atoms with E-state index in [-0.39, 0.29) is 5.63 Å². The van der Waals surface area contributed by atoms with E-state index in [9.17, 15) is 4.79 Å². The van der Waals surface area contributed by atoms with Crippen molar-refractivity contribution >= 4 is 11.0 Å². The second-order valence-corrected chi connectivity index (χ2v) is 3.66. The molecule has 3 nitrogen and oxygen atoms in total. The zero-order valence-corrected chi connectivity index (χ0v) is 9.23. The molecule has 0 saturated heterocycles. The number of hydrogen-bond acceptors (Lipinski definition) is 3. The van der Waals surface area contributed by atoms with E-state index in [1.165, 1.54) is 6.07 Å². The second-order valence-electron chi connectivity index (χ2n) is 3.66. The van der Waals surface area contributed by atoms with Crippen LogP contribution in [0.25, 0.3) is 11.0 Å². The molecule has 1 aromatic heterocycles. The van der Waals surface area contributed by atoms with Gasteiger partial charge in [0.25, 0.3) is 0 Å². The third-order valence-corrected chi connectivity index (χ3v) is 2.36. The summed E-state index contributed by atoms with van der Waals surface area (Å²) < 4.78 is 10.6. The van der Waals surface area contributed by atoms with Crippen LogP contribution in [0.3, 0.4) is 0 Å². The van der Waals surface area contributed by atoms with Crippen LogP contribution in [0.1, 0.15) is 19.8 Å². The number of hydrogen-bond donors (Lipinski definition) is 0. The monoisotopic (exact) mass is 218 g/mol. The molecule has 3 heteroatoms. The lowest BCUT2D eigenvalue weighted by atomic mass is 10.2. The van der Waals surface area contributed by atoms with E-state index in [1.54, 1.807) is 12.1 Å². The summed E-state index contributed by atoms with van der Waals surface area (Å²) in [5.74, 6) is 0.815. The largest absolute Gasteiger partial charge is 0.494 e. The molecule has 0 amide bonds. The highest BCUT2D eigenvalue weighted by Crippen LogP contribution is 2.19. The zero-order valence-electron chi connectivity index (χ0n) is 9.23. The molecule has 16 heavy (non-hydrogen) atoms. The van der Waals surface area contributed by atoms with Crippen molar-refractivity contribution in [2.45, 2.75) is 19.8 Å². The summed E-state index contributed by atoms with van der Waals surface area (Å²) in [6, 6.07) is 8.62. The fourth-order valence-corrected chi connectivity index (χ4v) is 1.47. The predicted octanol–water partition coefficient (Wildman–Crippen LogP) is 2.97. The highest BCUT2D eigenvalue weighted by Gasteiger charge is 1.99. The summed E-state index contributed by atoms with van der Waals surface area (Å²) in [6.07, 6.45) is 2.16. The van der Waals surface area contributed by atoms with Gasteiger partial charge in [-0.15, -0.1) is 0 Å². The molecule has 0 unspecified atom stereocenters. The highest BCUT2D eigenvalue weighted by molar-refractivity contribution is 5.77. The summed E-state index contributed by atoms with van der Waals surface area (Å²) in [5.41, 5.74) is 0.266. The summed E-state index contributed by atoms with van der Waals surface area (Å²) in [5, 5.41) is 0.883. The molecule has 1 heterocycles. The highest BCUT2D eigenvalue weighted by atomic mass is 16.5. The first kappa shape index (κ1) is 10.7. The van der Waals surface area contributed by atoms with E-state index in [0.29, 0.717) is 5.58 Å². The molecule has 0 N–H and O–H groups in total. The van der Waals surface area contributed by atoms with Crippen molar-refractivity contribution in [1.29, 1.82) is 0 Å². The van der Waals surface area contributed by atoms with Crippen LogP contribution >= 0.6 is 0 Å². The quantitative estimate of drug-likeness (QED) is 0.585. The van der Waals surface area contributed by atoms with Crippen molar-refractivity contribution in [2.75, 3.05) is 6.61 Å². The van der Waals surface area contributed by atoms with Gasteiger partial charge in [-0.2, -0.15) is 0 Å². The van der Waals surface area contributed by atoms with Gasteiger partial charge >= 0.3 is 5.63 Å². The molecule has 2 aromatic rings. The smallest absolute Gasteiger partial charge is 0.336 e. The van der Waals surface area contributed by atoms with Crippen LogP contribution < -0.4 is 10.4 Å². The average Bonchev–Trinajstić information content (AvgIpc) is 2.29. The first-order chi connectivity index (χ1) is 7.79. The third kappa shape index (κ3) is 2.42. The van der Waals surface area contributed by atoms with E-state index < -0.39 is 0 Å². The van der Waals surface area contributed by atoms with Gasteiger partial charge in [0.05, 0.1) is 6.61 Å². The Bertz CT molecular complexity index is 528. The van der Waals surface area contributed by atoms with Crippen LogP contribution in [0, 0.1) is 0 Å². The average molecular weight is 218 g/mol. The lowest BCUT2D eigenvalue weighted by molar-refractivity contribution is 0.309. The van der Waals surface area contributed by atoms with Gasteiger partial charge < -0.3 is 9.15 Å². The van der Waals surface area contributed by atoms with Crippen molar-refractivity contribution in [2.24, 2.45) is 0 Å². The molecule has 0 aliphatic carbocycles. The third-order valence-electron chi connectivity index (χ3n) is 2.36. The molecule has 0 spiro atoms. The second kappa shape index (κ2) is 4.84. The fourth-order valence-electron chi connectivity index (χ4n) is 1.47. The maximum absolute atomic E-state index is 11.0. The van der Waals surface area contributed by atoms with Gasteiger partial charge in [0.1, 0.15) is 11.3 Å². The Morgan fingerprint density at radius 2 is 2.12 bits per heavy atom. The summed E-state index contributed by atoms with van der Waals surface area (Å²) in [6.45, 7) is 2.84. The molecule has 0 radical (unpaired) electrons. The molecular weight excluding hydrogens is 204 g/mol. The van der Waals surface area contributed by atoms with Crippen molar-refractivity contribution in [3.05, 3.63) is 40.8 Å². The number of ether oxygens (including phenoxy) is 1. The minimum Gasteiger partial charge on any atom is -0.494 e. The summed E-state index contributed by atoms with van der Waals surface area (Å²) in [7, 11) is 0. The molecule has 84 valence electrons. The molecule has 0 bridgehead atoms.